The molecule has 1 fully saturated rings. The van der Waals surface area contributed by atoms with E-state index in [2.05, 4.69) is 0 Å². The van der Waals surface area contributed by atoms with E-state index >= 15 is 0 Å². The minimum absolute atomic E-state index is 0.138. The van der Waals surface area contributed by atoms with Gasteiger partial charge in [-0.3, -0.25) is 0 Å². The number of urea groups is 1. The average molecular weight is 214 g/mol. The molecule has 1 saturated heterocycles. The number of methoxy groups -OCH3 is 1. The van der Waals surface area contributed by atoms with Crippen LogP contribution in [0.4, 0.5) is 4.79 Å². The highest BCUT2D eigenvalue weighted by Crippen LogP contribution is 2.11. The summed E-state index contributed by atoms with van der Waals surface area (Å²) in [5.41, 5.74) is 0. The molecule has 0 N–H and O–H groups in total. The van der Waals surface area contributed by atoms with Crippen LogP contribution in [0.1, 0.15) is 26.2 Å². The highest BCUT2D eigenvalue weighted by Gasteiger charge is 2.22. The van der Waals surface area contributed by atoms with Gasteiger partial charge in [0.05, 0.1) is 12.6 Å². The van der Waals surface area contributed by atoms with E-state index in [-0.39, 0.29) is 12.1 Å². The van der Waals surface area contributed by atoms with Crippen LogP contribution >= 0.6 is 0 Å². The first-order chi connectivity index (χ1) is 7.16. The molecule has 1 heterocycles. The van der Waals surface area contributed by atoms with Crippen molar-refractivity contribution in [3.8, 4) is 0 Å². The number of likely N-dealkylation sites (N-methyl/N-ethyl adjacent to an activating group) is 1. The monoisotopic (exact) mass is 214 g/mol. The van der Waals surface area contributed by atoms with Gasteiger partial charge in [-0.05, 0) is 26.2 Å². The number of ether oxygens (including phenoxy) is 1. The number of rotatable bonds is 3. The van der Waals surface area contributed by atoms with E-state index < -0.39 is 0 Å². The number of carbonyl (C=O) groups is 1. The summed E-state index contributed by atoms with van der Waals surface area (Å²) in [4.78, 5) is 15.7. The molecule has 4 nitrogen and oxygen atoms in total. The minimum Gasteiger partial charge on any atom is -0.383 e. The number of carbonyl (C=O) groups excluding carboxylic acids is 1. The molecular formula is C11H22N2O2. The molecule has 1 unspecified atom stereocenters. The zero-order valence-electron chi connectivity index (χ0n) is 10.0. The number of nitrogens with zero attached hydrogens (tertiary/aromatic N) is 2. The maximum atomic E-state index is 12.0. The predicted molar refractivity (Wildman–Crippen MR) is 59.9 cm³/mol. The van der Waals surface area contributed by atoms with Gasteiger partial charge in [0.2, 0.25) is 0 Å². The van der Waals surface area contributed by atoms with Crippen LogP contribution in [-0.2, 0) is 4.74 Å². The highest BCUT2D eigenvalue weighted by molar-refractivity contribution is 5.74. The first-order valence-electron chi connectivity index (χ1n) is 5.67. The Balaban J connectivity index is 2.43. The smallest absolute Gasteiger partial charge is 0.320 e. The molecule has 0 spiro atoms. The molecule has 1 aliphatic heterocycles. The summed E-state index contributed by atoms with van der Waals surface area (Å²) >= 11 is 0. The quantitative estimate of drug-likeness (QED) is 0.714. The van der Waals surface area contributed by atoms with Crippen molar-refractivity contribution in [3.63, 3.8) is 0 Å². The van der Waals surface area contributed by atoms with E-state index in [4.69, 9.17) is 4.74 Å². The summed E-state index contributed by atoms with van der Waals surface area (Å²) in [5.74, 6) is 0. The van der Waals surface area contributed by atoms with Gasteiger partial charge >= 0.3 is 6.03 Å². The zero-order chi connectivity index (χ0) is 11.3. The number of piperidine rings is 1. The molecule has 0 aromatic carbocycles. The van der Waals surface area contributed by atoms with E-state index in [1.54, 1.807) is 12.0 Å². The van der Waals surface area contributed by atoms with E-state index in [0.29, 0.717) is 6.61 Å². The van der Waals surface area contributed by atoms with Crippen LogP contribution in [0.3, 0.4) is 0 Å². The van der Waals surface area contributed by atoms with E-state index in [1.165, 1.54) is 6.42 Å². The lowest BCUT2D eigenvalue weighted by atomic mass is 10.1. The first-order valence-corrected chi connectivity index (χ1v) is 5.67. The lowest BCUT2D eigenvalue weighted by molar-refractivity contribution is 0.101. The normalized spacial score (nSPS) is 18.7. The Bertz CT molecular complexity index is 203. The Morgan fingerprint density at radius 1 is 1.40 bits per heavy atom. The fraction of sp³-hybridized carbons (Fsp3) is 0.909. The van der Waals surface area contributed by atoms with Crippen molar-refractivity contribution < 1.29 is 9.53 Å². The van der Waals surface area contributed by atoms with Crippen molar-refractivity contribution in [2.45, 2.75) is 32.2 Å². The van der Waals surface area contributed by atoms with Gasteiger partial charge in [0.25, 0.3) is 0 Å². The molecule has 1 rings (SSSR count). The van der Waals surface area contributed by atoms with Crippen LogP contribution in [0.5, 0.6) is 0 Å². The van der Waals surface area contributed by atoms with Crippen molar-refractivity contribution >= 4 is 6.03 Å². The van der Waals surface area contributed by atoms with Crippen molar-refractivity contribution in [1.82, 2.24) is 9.80 Å². The number of likely N-dealkylation sites (tertiary alicyclic amines) is 1. The Morgan fingerprint density at radius 3 is 2.53 bits per heavy atom. The molecule has 0 aliphatic carbocycles. The van der Waals surface area contributed by atoms with Gasteiger partial charge in [-0.25, -0.2) is 4.79 Å². The first kappa shape index (κ1) is 12.3. The molecule has 1 atom stereocenters. The summed E-state index contributed by atoms with van der Waals surface area (Å²) in [6, 6.07) is 0.281. The molecule has 88 valence electrons. The van der Waals surface area contributed by atoms with E-state index in [1.807, 2.05) is 18.9 Å². The maximum Gasteiger partial charge on any atom is 0.320 e. The summed E-state index contributed by atoms with van der Waals surface area (Å²) in [6.45, 7) is 4.41. The van der Waals surface area contributed by atoms with Crippen molar-refractivity contribution in [2.75, 3.05) is 33.9 Å². The van der Waals surface area contributed by atoms with Crippen LogP contribution in [-0.4, -0.2) is 55.7 Å². The van der Waals surface area contributed by atoms with Crippen LogP contribution in [0, 0.1) is 0 Å². The second kappa shape index (κ2) is 5.95. The van der Waals surface area contributed by atoms with E-state index in [9.17, 15) is 4.79 Å². The van der Waals surface area contributed by atoms with Gasteiger partial charge in [-0.1, -0.05) is 0 Å². The fourth-order valence-electron chi connectivity index (χ4n) is 1.85. The number of hydrogen-bond donors (Lipinski definition) is 0. The average Bonchev–Trinajstić information content (AvgIpc) is 2.28. The van der Waals surface area contributed by atoms with Gasteiger partial charge in [-0.2, -0.15) is 0 Å². The Hall–Kier alpha value is -0.770. The van der Waals surface area contributed by atoms with Crippen LogP contribution < -0.4 is 0 Å². The van der Waals surface area contributed by atoms with Crippen LogP contribution in [0.2, 0.25) is 0 Å². The lowest BCUT2D eigenvalue weighted by Gasteiger charge is -2.33. The SMILES string of the molecule is COCC(C)N(C)C(=O)N1CCCCC1. The molecule has 4 heteroatoms. The van der Waals surface area contributed by atoms with Crippen LogP contribution in [0.25, 0.3) is 0 Å². The second-order valence-electron chi connectivity index (χ2n) is 4.25. The van der Waals surface area contributed by atoms with Crippen molar-refractivity contribution in [1.29, 1.82) is 0 Å². The fourth-order valence-corrected chi connectivity index (χ4v) is 1.85. The summed E-state index contributed by atoms with van der Waals surface area (Å²) in [7, 11) is 3.51. The molecule has 0 aromatic rings. The molecular weight excluding hydrogens is 192 g/mol. The zero-order valence-corrected chi connectivity index (χ0v) is 10.0. The number of hydrogen-bond acceptors (Lipinski definition) is 2. The van der Waals surface area contributed by atoms with Crippen molar-refractivity contribution in [3.05, 3.63) is 0 Å². The molecule has 0 radical (unpaired) electrons. The van der Waals surface area contributed by atoms with Crippen molar-refractivity contribution in [2.24, 2.45) is 0 Å². The molecule has 0 saturated carbocycles. The topological polar surface area (TPSA) is 32.8 Å². The standard InChI is InChI=1S/C11H22N2O2/c1-10(9-15-3)12(2)11(14)13-7-5-4-6-8-13/h10H,4-9H2,1-3H3. The van der Waals surface area contributed by atoms with Crippen LogP contribution in [0.15, 0.2) is 0 Å². The molecule has 0 bridgehead atoms. The molecule has 0 aromatic heterocycles. The maximum absolute atomic E-state index is 12.0. The minimum atomic E-state index is 0.138. The third kappa shape index (κ3) is 3.38. The second-order valence-corrected chi connectivity index (χ2v) is 4.25. The Kier molecular flexibility index (Phi) is 4.88. The molecule has 1 aliphatic rings. The molecule has 2 amide bonds. The lowest BCUT2D eigenvalue weighted by Crippen LogP contribution is -2.48. The third-order valence-corrected chi connectivity index (χ3v) is 3.00. The van der Waals surface area contributed by atoms with E-state index in [0.717, 1.165) is 25.9 Å². The Labute approximate surface area is 92.2 Å². The van der Waals surface area contributed by atoms with Gasteiger partial charge in [0.1, 0.15) is 0 Å². The summed E-state index contributed by atoms with van der Waals surface area (Å²) in [5, 5.41) is 0. The van der Waals surface area contributed by atoms with Gasteiger partial charge in [-0.15, -0.1) is 0 Å². The van der Waals surface area contributed by atoms with Gasteiger partial charge in [0, 0.05) is 27.2 Å². The van der Waals surface area contributed by atoms with Gasteiger partial charge < -0.3 is 14.5 Å². The Morgan fingerprint density at radius 2 is 2.00 bits per heavy atom. The highest BCUT2D eigenvalue weighted by atomic mass is 16.5. The molecule has 15 heavy (non-hydrogen) atoms. The van der Waals surface area contributed by atoms with Gasteiger partial charge in [0.15, 0.2) is 0 Å². The number of amides is 2. The predicted octanol–water partition coefficient (Wildman–Crippen LogP) is 1.56. The third-order valence-electron chi connectivity index (χ3n) is 3.00. The summed E-state index contributed by atoms with van der Waals surface area (Å²) in [6.07, 6.45) is 3.53. The summed E-state index contributed by atoms with van der Waals surface area (Å²) < 4.78 is 5.05. The largest absolute Gasteiger partial charge is 0.383 e.